The molecule has 0 aromatic carbocycles. The first-order valence-corrected chi connectivity index (χ1v) is 7.36. The molecule has 5 nitrogen and oxygen atoms in total. The van der Waals surface area contributed by atoms with Crippen molar-refractivity contribution in [3.05, 3.63) is 6.20 Å². The highest BCUT2D eigenvalue weighted by molar-refractivity contribution is 8.00. The fraction of sp³-hybridized carbons (Fsp3) is 0.583. The third kappa shape index (κ3) is 2.29. The summed E-state index contributed by atoms with van der Waals surface area (Å²) in [4.78, 5) is 9.01. The molecule has 0 unspecified atom stereocenters. The fourth-order valence-corrected chi connectivity index (χ4v) is 3.60. The highest BCUT2D eigenvalue weighted by Crippen LogP contribution is 2.36. The number of fused-ring (bicyclic) bond motifs is 1. The number of nitrogens with zero attached hydrogens (tertiary/aromatic N) is 3. The number of aromatic nitrogens is 4. The Morgan fingerprint density at radius 2 is 2.22 bits per heavy atom. The summed E-state index contributed by atoms with van der Waals surface area (Å²) in [5.41, 5.74) is 0.821. The summed E-state index contributed by atoms with van der Waals surface area (Å²) in [5.74, 6) is 0.690. The molecule has 0 amide bonds. The van der Waals surface area contributed by atoms with Crippen LogP contribution in [-0.2, 0) is 0 Å². The van der Waals surface area contributed by atoms with Crippen molar-refractivity contribution in [1.82, 2.24) is 20.2 Å². The number of hydrogen-bond acceptors (Lipinski definition) is 5. The lowest BCUT2D eigenvalue weighted by Gasteiger charge is -2.10. The van der Waals surface area contributed by atoms with Gasteiger partial charge in [-0.25, -0.2) is 4.98 Å². The molecule has 1 aliphatic rings. The molecule has 6 heteroatoms. The quantitative estimate of drug-likeness (QED) is 0.830. The van der Waals surface area contributed by atoms with Gasteiger partial charge in [-0.3, -0.25) is 5.10 Å². The Balaban J connectivity index is 1.93. The summed E-state index contributed by atoms with van der Waals surface area (Å²) >= 11 is 1.87. The van der Waals surface area contributed by atoms with Crippen molar-refractivity contribution in [1.29, 1.82) is 0 Å². The molecule has 0 bridgehead atoms. The van der Waals surface area contributed by atoms with Gasteiger partial charge in [0.2, 0.25) is 5.95 Å². The summed E-state index contributed by atoms with van der Waals surface area (Å²) in [6.45, 7) is 2.87. The molecular formula is C12H17N5S. The Kier molecular flexibility index (Phi) is 3.36. The normalized spacial score (nSPS) is 16.5. The van der Waals surface area contributed by atoms with Gasteiger partial charge < -0.3 is 5.32 Å². The second-order valence-corrected chi connectivity index (χ2v) is 5.83. The number of aromatic amines is 1. The molecule has 3 rings (SSSR count). The average Bonchev–Trinajstić information content (AvgIpc) is 2.99. The van der Waals surface area contributed by atoms with E-state index in [0.29, 0.717) is 11.2 Å². The number of nitrogens with one attached hydrogen (secondary N) is 2. The monoisotopic (exact) mass is 263 g/mol. The molecule has 0 spiro atoms. The smallest absolute Gasteiger partial charge is 0.225 e. The lowest BCUT2D eigenvalue weighted by molar-refractivity contribution is 0.886. The standard InChI is InChI=1S/C12H17N5S/c1-2-13-12-15-10-9(7-14-17-10)11(16-12)18-8-5-3-4-6-8/h7-8H,2-6H2,1H3,(H2,13,14,15,16,17). The van der Waals surface area contributed by atoms with Crippen LogP contribution in [0.5, 0.6) is 0 Å². The van der Waals surface area contributed by atoms with Gasteiger partial charge in [0.1, 0.15) is 5.03 Å². The predicted molar refractivity (Wildman–Crippen MR) is 74.0 cm³/mol. The molecule has 0 aliphatic heterocycles. The van der Waals surface area contributed by atoms with Crippen molar-refractivity contribution in [3.63, 3.8) is 0 Å². The summed E-state index contributed by atoms with van der Waals surface area (Å²) < 4.78 is 0. The van der Waals surface area contributed by atoms with E-state index in [2.05, 4.69) is 25.5 Å². The van der Waals surface area contributed by atoms with E-state index in [-0.39, 0.29) is 0 Å². The zero-order valence-corrected chi connectivity index (χ0v) is 11.3. The van der Waals surface area contributed by atoms with Crippen LogP contribution < -0.4 is 5.32 Å². The van der Waals surface area contributed by atoms with Crippen LogP contribution in [0.25, 0.3) is 11.0 Å². The highest BCUT2D eigenvalue weighted by atomic mass is 32.2. The van der Waals surface area contributed by atoms with Crippen LogP contribution >= 0.6 is 11.8 Å². The van der Waals surface area contributed by atoms with Crippen molar-refractivity contribution >= 4 is 28.7 Å². The van der Waals surface area contributed by atoms with Gasteiger partial charge >= 0.3 is 0 Å². The van der Waals surface area contributed by atoms with Crippen molar-refractivity contribution < 1.29 is 0 Å². The zero-order valence-electron chi connectivity index (χ0n) is 10.4. The maximum absolute atomic E-state index is 4.61. The van der Waals surface area contributed by atoms with Crippen LogP contribution in [0.3, 0.4) is 0 Å². The van der Waals surface area contributed by atoms with Gasteiger partial charge in [0.15, 0.2) is 5.65 Å². The summed E-state index contributed by atoms with van der Waals surface area (Å²) in [6, 6.07) is 0. The number of thioether (sulfide) groups is 1. The Morgan fingerprint density at radius 1 is 1.39 bits per heavy atom. The van der Waals surface area contributed by atoms with Gasteiger partial charge in [-0.05, 0) is 19.8 Å². The molecule has 0 saturated heterocycles. The van der Waals surface area contributed by atoms with Gasteiger partial charge in [0.05, 0.1) is 11.6 Å². The summed E-state index contributed by atoms with van der Waals surface area (Å²) in [6.07, 6.45) is 7.10. The lowest BCUT2D eigenvalue weighted by atomic mass is 10.4. The van der Waals surface area contributed by atoms with Gasteiger partial charge in [-0.1, -0.05) is 12.8 Å². The second kappa shape index (κ2) is 5.14. The van der Waals surface area contributed by atoms with Crippen LogP contribution in [0.2, 0.25) is 0 Å². The first-order valence-electron chi connectivity index (χ1n) is 6.48. The Hall–Kier alpha value is -1.30. The molecule has 1 fully saturated rings. The largest absolute Gasteiger partial charge is 0.354 e. The molecule has 0 atom stereocenters. The molecule has 2 N–H and O–H groups in total. The number of rotatable bonds is 4. The van der Waals surface area contributed by atoms with Gasteiger partial charge in [-0.15, -0.1) is 11.8 Å². The molecule has 1 aliphatic carbocycles. The molecule has 2 aromatic heterocycles. The van der Waals surface area contributed by atoms with E-state index in [0.717, 1.165) is 22.6 Å². The van der Waals surface area contributed by atoms with Crippen LogP contribution in [0.1, 0.15) is 32.6 Å². The van der Waals surface area contributed by atoms with Gasteiger partial charge in [0.25, 0.3) is 0 Å². The zero-order chi connectivity index (χ0) is 12.4. The van der Waals surface area contributed by atoms with Crippen LogP contribution in [0.15, 0.2) is 11.2 Å². The van der Waals surface area contributed by atoms with Gasteiger partial charge in [-0.2, -0.15) is 10.1 Å². The van der Waals surface area contributed by atoms with E-state index >= 15 is 0 Å². The number of H-pyrrole nitrogens is 1. The van der Waals surface area contributed by atoms with Gasteiger partial charge in [0, 0.05) is 11.8 Å². The molecule has 2 heterocycles. The molecular weight excluding hydrogens is 246 g/mol. The highest BCUT2D eigenvalue weighted by Gasteiger charge is 2.19. The maximum atomic E-state index is 4.61. The third-order valence-electron chi connectivity index (χ3n) is 3.19. The molecule has 18 heavy (non-hydrogen) atoms. The first kappa shape index (κ1) is 11.8. The van der Waals surface area contributed by atoms with Crippen molar-refractivity contribution in [2.75, 3.05) is 11.9 Å². The third-order valence-corrected chi connectivity index (χ3v) is 4.53. The van der Waals surface area contributed by atoms with E-state index in [9.17, 15) is 0 Å². The van der Waals surface area contributed by atoms with Crippen molar-refractivity contribution in [2.24, 2.45) is 0 Å². The molecule has 2 aromatic rings. The fourth-order valence-electron chi connectivity index (χ4n) is 2.30. The minimum atomic E-state index is 0.690. The Bertz CT molecular complexity index is 532. The van der Waals surface area contributed by atoms with E-state index < -0.39 is 0 Å². The van der Waals surface area contributed by atoms with Crippen LogP contribution in [0.4, 0.5) is 5.95 Å². The molecule has 0 radical (unpaired) electrons. The maximum Gasteiger partial charge on any atom is 0.225 e. The topological polar surface area (TPSA) is 66.5 Å². The van der Waals surface area contributed by atoms with E-state index in [1.54, 1.807) is 0 Å². The summed E-state index contributed by atoms with van der Waals surface area (Å²) in [5, 5.41) is 13.0. The number of hydrogen-bond donors (Lipinski definition) is 2. The van der Waals surface area contributed by atoms with E-state index in [1.807, 2.05) is 24.9 Å². The molecule has 96 valence electrons. The predicted octanol–water partition coefficient (Wildman–Crippen LogP) is 2.82. The van der Waals surface area contributed by atoms with Crippen molar-refractivity contribution in [3.8, 4) is 0 Å². The number of anilines is 1. The van der Waals surface area contributed by atoms with Crippen LogP contribution in [0, 0.1) is 0 Å². The average molecular weight is 263 g/mol. The minimum Gasteiger partial charge on any atom is -0.354 e. The summed E-state index contributed by atoms with van der Waals surface area (Å²) in [7, 11) is 0. The minimum absolute atomic E-state index is 0.690. The van der Waals surface area contributed by atoms with E-state index in [4.69, 9.17) is 0 Å². The SMILES string of the molecule is CCNc1nc(SC2CCCC2)c2cn[nH]c2n1. The lowest BCUT2D eigenvalue weighted by Crippen LogP contribution is -2.04. The van der Waals surface area contributed by atoms with Crippen molar-refractivity contribution in [2.45, 2.75) is 42.9 Å². The molecule has 1 saturated carbocycles. The van der Waals surface area contributed by atoms with E-state index in [1.165, 1.54) is 25.7 Å². The Labute approximate surface area is 110 Å². The second-order valence-electron chi connectivity index (χ2n) is 4.54. The van der Waals surface area contributed by atoms with Crippen LogP contribution in [-0.4, -0.2) is 32.0 Å². The first-order chi connectivity index (χ1) is 8.86. The Morgan fingerprint density at radius 3 is 3.00 bits per heavy atom.